The molecular formula is C11H12O4. The number of allylic oxidation sites excluding steroid dienone is 1. The van der Waals surface area contributed by atoms with E-state index in [9.17, 15) is 9.90 Å². The summed E-state index contributed by atoms with van der Waals surface area (Å²) < 4.78 is 4.92. The quantitative estimate of drug-likeness (QED) is 0.744. The Hall–Kier alpha value is -1.97. The second kappa shape index (κ2) is 4.50. The average molecular weight is 208 g/mol. The van der Waals surface area contributed by atoms with Gasteiger partial charge in [0.1, 0.15) is 11.5 Å². The van der Waals surface area contributed by atoms with Crippen molar-refractivity contribution in [1.82, 2.24) is 0 Å². The Labute approximate surface area is 87.4 Å². The first-order valence-electron chi connectivity index (χ1n) is 4.33. The molecule has 4 heteroatoms. The zero-order valence-electron chi connectivity index (χ0n) is 8.52. The summed E-state index contributed by atoms with van der Waals surface area (Å²) in [6.07, 6.45) is 1.04. The van der Waals surface area contributed by atoms with Crippen molar-refractivity contribution >= 4 is 11.5 Å². The van der Waals surface area contributed by atoms with Gasteiger partial charge >= 0.3 is 5.97 Å². The predicted molar refractivity (Wildman–Crippen MR) is 55.9 cm³/mol. The summed E-state index contributed by atoms with van der Waals surface area (Å²) in [5, 5.41) is 18.1. The number of carboxylic acids is 1. The van der Waals surface area contributed by atoms with Gasteiger partial charge in [0.15, 0.2) is 0 Å². The van der Waals surface area contributed by atoms with Crippen LogP contribution in [0, 0.1) is 0 Å². The maximum absolute atomic E-state index is 10.4. The summed E-state index contributed by atoms with van der Waals surface area (Å²) in [7, 11) is 1.49. The molecule has 0 saturated heterocycles. The lowest BCUT2D eigenvalue weighted by molar-refractivity contribution is -0.131. The highest BCUT2D eigenvalue weighted by atomic mass is 16.5. The minimum atomic E-state index is -1.04. The Morgan fingerprint density at radius 3 is 2.60 bits per heavy atom. The van der Waals surface area contributed by atoms with Gasteiger partial charge in [-0.05, 0) is 24.6 Å². The normalized spacial score (nSPS) is 11.2. The highest BCUT2D eigenvalue weighted by molar-refractivity contribution is 5.90. The first-order chi connectivity index (χ1) is 7.04. The average Bonchev–Trinajstić information content (AvgIpc) is 2.16. The van der Waals surface area contributed by atoms with Crippen molar-refractivity contribution in [2.45, 2.75) is 6.92 Å². The van der Waals surface area contributed by atoms with Crippen molar-refractivity contribution < 1.29 is 19.7 Å². The van der Waals surface area contributed by atoms with Crippen LogP contribution in [0.1, 0.15) is 12.5 Å². The van der Waals surface area contributed by atoms with Gasteiger partial charge in [-0.25, -0.2) is 4.79 Å². The number of ether oxygens (including phenoxy) is 1. The molecule has 0 unspecified atom stereocenters. The van der Waals surface area contributed by atoms with Gasteiger partial charge < -0.3 is 14.9 Å². The van der Waals surface area contributed by atoms with E-state index in [-0.39, 0.29) is 5.75 Å². The van der Waals surface area contributed by atoms with Crippen LogP contribution in [0.15, 0.2) is 24.3 Å². The van der Waals surface area contributed by atoms with E-state index < -0.39 is 5.97 Å². The van der Waals surface area contributed by atoms with E-state index in [1.54, 1.807) is 19.1 Å². The standard InChI is InChI=1S/C11H12O4/c1-7(5-11(13)14)9-4-3-8(15-2)6-10(9)12/h3-6,12H,1-2H3,(H,13,14). The lowest BCUT2D eigenvalue weighted by Gasteiger charge is -2.06. The van der Waals surface area contributed by atoms with E-state index in [2.05, 4.69) is 0 Å². The number of carbonyl (C=O) groups is 1. The minimum absolute atomic E-state index is 0.00403. The molecule has 0 atom stereocenters. The third-order valence-electron chi connectivity index (χ3n) is 1.97. The smallest absolute Gasteiger partial charge is 0.328 e. The van der Waals surface area contributed by atoms with Crippen molar-refractivity contribution in [3.63, 3.8) is 0 Å². The van der Waals surface area contributed by atoms with Gasteiger partial charge in [-0.1, -0.05) is 0 Å². The molecule has 15 heavy (non-hydrogen) atoms. The predicted octanol–water partition coefficient (Wildman–Crippen LogP) is 1.89. The van der Waals surface area contributed by atoms with Gasteiger partial charge in [0.25, 0.3) is 0 Å². The van der Waals surface area contributed by atoms with Crippen molar-refractivity contribution in [3.05, 3.63) is 29.8 Å². The second-order valence-corrected chi connectivity index (χ2v) is 3.05. The highest BCUT2D eigenvalue weighted by Gasteiger charge is 2.05. The summed E-state index contributed by atoms with van der Waals surface area (Å²) in [6.45, 7) is 1.62. The van der Waals surface area contributed by atoms with Crippen LogP contribution < -0.4 is 4.74 Å². The largest absolute Gasteiger partial charge is 0.507 e. The summed E-state index contributed by atoms with van der Waals surface area (Å²) >= 11 is 0. The fraction of sp³-hybridized carbons (Fsp3) is 0.182. The molecule has 1 rings (SSSR count). The molecule has 0 radical (unpaired) electrons. The molecule has 2 N–H and O–H groups in total. The van der Waals surface area contributed by atoms with Crippen LogP contribution in [0.4, 0.5) is 0 Å². The molecule has 0 aliphatic heterocycles. The number of aliphatic carboxylic acids is 1. The number of rotatable bonds is 3. The first kappa shape index (κ1) is 11.1. The second-order valence-electron chi connectivity index (χ2n) is 3.05. The van der Waals surface area contributed by atoms with E-state index in [1.165, 1.54) is 13.2 Å². The molecule has 0 aliphatic carbocycles. The molecule has 0 aromatic heterocycles. The number of hydrogen-bond acceptors (Lipinski definition) is 3. The number of methoxy groups -OCH3 is 1. The van der Waals surface area contributed by atoms with Gasteiger partial charge in [0.2, 0.25) is 0 Å². The molecule has 0 aliphatic rings. The minimum Gasteiger partial charge on any atom is -0.507 e. The molecule has 0 heterocycles. The number of phenols is 1. The zero-order valence-corrected chi connectivity index (χ0v) is 8.52. The topological polar surface area (TPSA) is 66.8 Å². The monoisotopic (exact) mass is 208 g/mol. The van der Waals surface area contributed by atoms with Crippen molar-refractivity contribution in [2.75, 3.05) is 7.11 Å². The van der Waals surface area contributed by atoms with Gasteiger partial charge in [0, 0.05) is 17.7 Å². The van der Waals surface area contributed by atoms with E-state index in [0.29, 0.717) is 16.9 Å². The van der Waals surface area contributed by atoms with E-state index in [4.69, 9.17) is 9.84 Å². The van der Waals surface area contributed by atoms with Crippen LogP contribution >= 0.6 is 0 Å². The molecular weight excluding hydrogens is 196 g/mol. The third kappa shape index (κ3) is 2.74. The van der Waals surface area contributed by atoms with E-state index >= 15 is 0 Å². The number of phenolic OH excluding ortho intramolecular Hbond substituents is 1. The first-order valence-corrected chi connectivity index (χ1v) is 4.33. The zero-order chi connectivity index (χ0) is 11.4. The molecule has 0 fully saturated rings. The van der Waals surface area contributed by atoms with Crippen molar-refractivity contribution in [2.24, 2.45) is 0 Å². The van der Waals surface area contributed by atoms with Crippen molar-refractivity contribution in [1.29, 1.82) is 0 Å². The Balaban J connectivity index is 3.11. The van der Waals surface area contributed by atoms with Crippen LogP contribution in [0.5, 0.6) is 11.5 Å². The Morgan fingerprint density at radius 2 is 2.13 bits per heavy atom. The third-order valence-corrected chi connectivity index (χ3v) is 1.97. The van der Waals surface area contributed by atoms with Crippen LogP contribution in [0.3, 0.4) is 0 Å². The number of hydrogen-bond donors (Lipinski definition) is 2. The number of aromatic hydroxyl groups is 1. The van der Waals surface area contributed by atoms with Crippen LogP contribution in [0.2, 0.25) is 0 Å². The summed E-state index contributed by atoms with van der Waals surface area (Å²) in [6, 6.07) is 4.71. The van der Waals surface area contributed by atoms with Crippen LogP contribution in [-0.2, 0) is 4.79 Å². The molecule has 0 spiro atoms. The molecule has 1 aromatic carbocycles. The summed E-state index contributed by atoms with van der Waals surface area (Å²) in [4.78, 5) is 10.4. The molecule has 1 aromatic rings. The van der Waals surface area contributed by atoms with E-state index in [1.807, 2.05) is 0 Å². The van der Waals surface area contributed by atoms with Gasteiger partial charge in [0.05, 0.1) is 7.11 Å². The Kier molecular flexibility index (Phi) is 3.33. The summed E-state index contributed by atoms with van der Waals surface area (Å²) in [5.41, 5.74) is 0.973. The van der Waals surface area contributed by atoms with Gasteiger partial charge in [-0.2, -0.15) is 0 Å². The van der Waals surface area contributed by atoms with Gasteiger partial charge in [-0.3, -0.25) is 0 Å². The lowest BCUT2D eigenvalue weighted by Crippen LogP contribution is -1.91. The fourth-order valence-electron chi connectivity index (χ4n) is 1.23. The lowest BCUT2D eigenvalue weighted by atomic mass is 10.1. The molecule has 0 saturated carbocycles. The maximum atomic E-state index is 10.4. The fourth-order valence-corrected chi connectivity index (χ4v) is 1.23. The molecule has 0 amide bonds. The van der Waals surface area contributed by atoms with Gasteiger partial charge in [-0.15, -0.1) is 0 Å². The molecule has 0 bridgehead atoms. The Bertz CT molecular complexity index is 407. The van der Waals surface area contributed by atoms with Crippen LogP contribution in [-0.4, -0.2) is 23.3 Å². The molecule has 4 nitrogen and oxygen atoms in total. The highest BCUT2D eigenvalue weighted by Crippen LogP contribution is 2.28. The number of carboxylic acid groups (broad SMARTS) is 1. The number of benzene rings is 1. The maximum Gasteiger partial charge on any atom is 0.328 e. The molecule has 80 valence electrons. The Morgan fingerprint density at radius 1 is 1.47 bits per heavy atom. The van der Waals surface area contributed by atoms with Crippen LogP contribution in [0.25, 0.3) is 5.57 Å². The van der Waals surface area contributed by atoms with Crippen molar-refractivity contribution in [3.8, 4) is 11.5 Å². The SMILES string of the molecule is COc1ccc(C(C)=CC(=O)O)c(O)c1. The summed E-state index contributed by atoms with van der Waals surface area (Å²) in [5.74, 6) is -0.508. The van der Waals surface area contributed by atoms with E-state index in [0.717, 1.165) is 6.08 Å².